The largest absolute Gasteiger partial charge is 0.478 e. The van der Waals surface area contributed by atoms with E-state index < -0.39 is 23.0 Å². The van der Waals surface area contributed by atoms with Crippen molar-refractivity contribution in [1.29, 1.82) is 0 Å². The van der Waals surface area contributed by atoms with Gasteiger partial charge in [-0.25, -0.2) is 9.59 Å². The second kappa shape index (κ2) is 12.9. The number of hydrogen-bond donors (Lipinski definition) is 3. The molecule has 5 rings (SSSR count). The summed E-state index contributed by atoms with van der Waals surface area (Å²) in [5.74, 6) is -2.22. The highest BCUT2D eigenvalue weighted by molar-refractivity contribution is 5.94. The monoisotopic (exact) mass is 556 g/mol. The van der Waals surface area contributed by atoms with E-state index in [0.717, 1.165) is 42.9 Å². The highest BCUT2D eigenvalue weighted by Crippen LogP contribution is 2.46. The number of aliphatic hydroxyl groups is 1. The third-order valence-electron chi connectivity index (χ3n) is 8.09. The highest BCUT2D eigenvalue weighted by atomic mass is 16.4. The van der Waals surface area contributed by atoms with Gasteiger partial charge < -0.3 is 25.1 Å². The number of nitrogens with zero attached hydrogens (tertiary/aromatic N) is 2. The topological polar surface area (TPSA) is 118 Å². The van der Waals surface area contributed by atoms with E-state index in [4.69, 9.17) is 10.2 Å². The molecule has 3 N–H and O–H groups in total. The van der Waals surface area contributed by atoms with Crippen molar-refractivity contribution >= 4 is 17.8 Å². The van der Waals surface area contributed by atoms with Crippen molar-refractivity contribution in [3.05, 3.63) is 120 Å². The molecule has 2 saturated heterocycles. The third-order valence-corrected chi connectivity index (χ3v) is 8.09. The Hall–Kier alpha value is -4.27. The average molecular weight is 557 g/mol. The fourth-order valence-corrected chi connectivity index (χ4v) is 6.10. The van der Waals surface area contributed by atoms with E-state index >= 15 is 0 Å². The van der Waals surface area contributed by atoms with E-state index in [2.05, 4.69) is 29.2 Å². The van der Waals surface area contributed by atoms with Gasteiger partial charge in [0.25, 0.3) is 0 Å². The van der Waals surface area contributed by atoms with Gasteiger partial charge in [-0.15, -0.1) is 0 Å². The number of piperidine rings is 1. The van der Waals surface area contributed by atoms with Crippen molar-refractivity contribution in [1.82, 2.24) is 9.80 Å². The zero-order valence-electron chi connectivity index (χ0n) is 23.1. The van der Waals surface area contributed by atoms with Crippen LogP contribution in [-0.4, -0.2) is 76.2 Å². The first-order chi connectivity index (χ1) is 19.7. The van der Waals surface area contributed by atoms with Crippen LogP contribution in [0.1, 0.15) is 29.5 Å². The second-order valence-electron chi connectivity index (χ2n) is 10.6. The zero-order chi connectivity index (χ0) is 29.5. The minimum Gasteiger partial charge on any atom is -0.478 e. The smallest absolute Gasteiger partial charge is 0.328 e. The fraction of sp³-hybridized carbons (Fsp3) is 0.303. The van der Waals surface area contributed by atoms with Crippen LogP contribution in [0, 0.1) is 5.92 Å². The number of carbonyl (C=O) groups is 3. The first-order valence-corrected chi connectivity index (χ1v) is 13.7. The van der Waals surface area contributed by atoms with Crippen LogP contribution in [0.2, 0.25) is 0 Å². The number of carboxylic acid groups (broad SMARTS) is 2. The molecule has 0 aliphatic carbocycles. The number of benzene rings is 3. The van der Waals surface area contributed by atoms with E-state index in [0.29, 0.717) is 25.0 Å². The van der Waals surface area contributed by atoms with Crippen LogP contribution < -0.4 is 0 Å². The summed E-state index contributed by atoms with van der Waals surface area (Å²) in [6.45, 7) is 3.19. The van der Waals surface area contributed by atoms with Crippen LogP contribution in [0.5, 0.6) is 0 Å². The van der Waals surface area contributed by atoms with Gasteiger partial charge in [0.1, 0.15) is 5.41 Å². The molecule has 0 saturated carbocycles. The molecule has 2 aliphatic rings. The van der Waals surface area contributed by atoms with E-state index in [1.807, 2.05) is 78.7 Å². The van der Waals surface area contributed by atoms with Crippen molar-refractivity contribution in [3.8, 4) is 0 Å². The van der Waals surface area contributed by atoms with E-state index in [-0.39, 0.29) is 11.8 Å². The summed E-state index contributed by atoms with van der Waals surface area (Å²) >= 11 is 0. The first kappa shape index (κ1) is 29.7. The summed E-state index contributed by atoms with van der Waals surface area (Å²) in [5, 5.41) is 26.9. The maximum Gasteiger partial charge on any atom is 0.328 e. The molecule has 3 aromatic carbocycles. The maximum absolute atomic E-state index is 13.8. The molecule has 1 unspecified atom stereocenters. The number of rotatable bonds is 7. The van der Waals surface area contributed by atoms with Crippen molar-refractivity contribution in [3.63, 3.8) is 0 Å². The predicted molar refractivity (Wildman–Crippen MR) is 155 cm³/mol. The Kier molecular flexibility index (Phi) is 9.37. The molecule has 2 aliphatic heterocycles. The number of carbonyl (C=O) groups excluding carboxylic acids is 1. The second-order valence-corrected chi connectivity index (χ2v) is 10.6. The number of likely N-dealkylation sites (tertiary alicyclic amines) is 2. The molecule has 1 amide bonds. The first-order valence-electron chi connectivity index (χ1n) is 13.7. The third kappa shape index (κ3) is 6.56. The van der Waals surface area contributed by atoms with Crippen LogP contribution in [0.25, 0.3) is 0 Å². The lowest BCUT2D eigenvalue weighted by atomic mass is 9.67. The SMILES string of the molecule is CN1CC(CN2CCC(O)(c3ccccc3)CC2)C(c2ccccc2)(c2ccccc2)C1=O.O=C(O)C=CC(=O)O. The minimum atomic E-state index is -1.26. The molecular weight excluding hydrogens is 520 g/mol. The van der Waals surface area contributed by atoms with Crippen LogP contribution in [0.15, 0.2) is 103 Å². The summed E-state index contributed by atoms with van der Waals surface area (Å²) in [5.41, 5.74) is 1.67. The molecule has 0 spiro atoms. The quantitative estimate of drug-likeness (QED) is 0.379. The Balaban J connectivity index is 0.000000426. The normalized spacial score (nSPS) is 19.9. The standard InChI is InChI=1S/C29H32N2O2.C4H4O4/c1-30-21-26(22-31-19-17-28(33,18-20-31)23-11-5-2-6-12-23)29(27(30)32,24-13-7-3-8-14-24)25-15-9-4-10-16-25;5-3(6)1-2-4(7)8/h2-16,26,33H,17-22H2,1H3;1-2H,(H,5,6)(H,7,8). The lowest BCUT2D eigenvalue weighted by molar-refractivity contribution is -0.134. The van der Waals surface area contributed by atoms with Crippen LogP contribution in [0.3, 0.4) is 0 Å². The maximum atomic E-state index is 13.8. The number of carboxylic acids is 2. The van der Waals surface area contributed by atoms with Crippen LogP contribution >= 0.6 is 0 Å². The van der Waals surface area contributed by atoms with Gasteiger partial charge in [0.05, 0.1) is 5.60 Å². The summed E-state index contributed by atoms with van der Waals surface area (Å²) < 4.78 is 0. The molecule has 0 aromatic heterocycles. The highest BCUT2D eigenvalue weighted by Gasteiger charge is 2.55. The van der Waals surface area contributed by atoms with Crippen molar-refractivity contribution in [2.75, 3.05) is 33.2 Å². The summed E-state index contributed by atoms with van der Waals surface area (Å²) in [4.78, 5) is 37.3. The van der Waals surface area contributed by atoms with Gasteiger partial charge in [-0.2, -0.15) is 0 Å². The molecule has 1 atom stereocenters. The summed E-state index contributed by atoms with van der Waals surface area (Å²) in [6, 6.07) is 30.6. The van der Waals surface area contributed by atoms with Crippen molar-refractivity contribution in [2.24, 2.45) is 5.92 Å². The Bertz CT molecular complexity index is 1300. The van der Waals surface area contributed by atoms with E-state index in [1.165, 1.54) is 0 Å². The van der Waals surface area contributed by atoms with Gasteiger partial charge in [0, 0.05) is 51.3 Å². The molecule has 2 heterocycles. The molecule has 8 nitrogen and oxygen atoms in total. The Morgan fingerprint density at radius 2 is 1.20 bits per heavy atom. The lowest BCUT2D eigenvalue weighted by Gasteiger charge is -2.42. The average Bonchev–Trinajstić information content (AvgIpc) is 3.24. The van der Waals surface area contributed by atoms with Crippen LogP contribution in [-0.2, 0) is 25.4 Å². The van der Waals surface area contributed by atoms with Gasteiger partial charge in [-0.05, 0) is 29.5 Å². The zero-order valence-corrected chi connectivity index (χ0v) is 23.1. The molecule has 214 valence electrons. The van der Waals surface area contributed by atoms with Gasteiger partial charge >= 0.3 is 11.9 Å². The predicted octanol–water partition coefficient (Wildman–Crippen LogP) is 3.76. The molecule has 41 heavy (non-hydrogen) atoms. The minimum absolute atomic E-state index is 0.128. The molecule has 2 fully saturated rings. The van der Waals surface area contributed by atoms with E-state index in [9.17, 15) is 19.5 Å². The Morgan fingerprint density at radius 3 is 1.61 bits per heavy atom. The van der Waals surface area contributed by atoms with Crippen molar-refractivity contribution in [2.45, 2.75) is 23.9 Å². The van der Waals surface area contributed by atoms with Gasteiger partial charge in [0.15, 0.2) is 0 Å². The number of aliphatic carboxylic acids is 2. The Labute approximate surface area is 240 Å². The molecule has 0 bridgehead atoms. The van der Waals surface area contributed by atoms with Crippen molar-refractivity contribution < 1.29 is 29.7 Å². The molecule has 3 aromatic rings. The number of likely N-dealkylation sites (N-methyl/N-ethyl adjacent to an activating group) is 1. The van der Waals surface area contributed by atoms with Gasteiger partial charge in [0.2, 0.25) is 5.91 Å². The Morgan fingerprint density at radius 1 is 0.780 bits per heavy atom. The van der Waals surface area contributed by atoms with Gasteiger partial charge in [-0.3, -0.25) is 4.79 Å². The number of amides is 1. The molecular formula is C33H36N2O6. The fourth-order valence-electron chi connectivity index (χ4n) is 6.10. The summed E-state index contributed by atoms with van der Waals surface area (Å²) in [6.07, 6.45) is 2.53. The van der Waals surface area contributed by atoms with Crippen LogP contribution in [0.4, 0.5) is 0 Å². The van der Waals surface area contributed by atoms with E-state index in [1.54, 1.807) is 0 Å². The summed E-state index contributed by atoms with van der Waals surface area (Å²) in [7, 11) is 1.92. The van der Waals surface area contributed by atoms with Gasteiger partial charge in [-0.1, -0.05) is 91.0 Å². The molecule has 0 radical (unpaired) electrons. The molecule has 8 heteroatoms. The lowest BCUT2D eigenvalue weighted by Crippen LogP contribution is -2.49. The number of hydrogen-bond acceptors (Lipinski definition) is 5.